The van der Waals surface area contributed by atoms with Gasteiger partial charge in [-0.15, -0.1) is 0 Å². The Morgan fingerprint density at radius 1 is 0.800 bits per heavy atom. The number of rotatable bonds is 15. The fraction of sp³-hybridized carbons (Fsp3) is 0.955. The van der Waals surface area contributed by atoms with E-state index in [2.05, 4.69) is 6.92 Å². The molecule has 1 saturated heterocycles. The predicted molar refractivity (Wildman–Crippen MR) is 103 cm³/mol. The Labute approximate surface area is 155 Å². The summed E-state index contributed by atoms with van der Waals surface area (Å²) in [5.41, 5.74) is 0. The van der Waals surface area contributed by atoms with E-state index < -0.39 is 0 Å². The molecule has 3 heteroatoms. The monoisotopic (exact) mass is 352 g/mol. The van der Waals surface area contributed by atoms with Crippen molar-refractivity contribution in [3.8, 4) is 0 Å². The van der Waals surface area contributed by atoms with Crippen LogP contribution in [-0.2, 0) is 14.3 Å². The molecule has 1 aliphatic heterocycles. The van der Waals surface area contributed by atoms with E-state index in [-0.39, 0.29) is 11.9 Å². The van der Waals surface area contributed by atoms with Crippen molar-refractivity contribution in [1.29, 1.82) is 0 Å². The maximum atomic E-state index is 12.0. The number of ether oxygens (including phenoxy) is 2. The van der Waals surface area contributed by atoms with Crippen LogP contribution >= 0.6 is 0 Å². The van der Waals surface area contributed by atoms with Crippen LogP contribution in [0.15, 0.2) is 0 Å². The van der Waals surface area contributed by atoms with Gasteiger partial charge in [0.15, 0.2) is 0 Å². The summed E-state index contributed by atoms with van der Waals surface area (Å²) < 4.78 is 10.9. The Balaban J connectivity index is 1.28. The summed E-state index contributed by atoms with van der Waals surface area (Å²) in [5, 5.41) is 0. The van der Waals surface area contributed by atoms with E-state index in [0.717, 1.165) is 25.7 Å². The molecule has 146 valence electrons. The number of hydrogen-bond acceptors (Lipinski definition) is 3. The highest BCUT2D eigenvalue weighted by molar-refractivity contribution is 5.72. The molecule has 0 radical (unpaired) electrons. The van der Waals surface area contributed by atoms with Gasteiger partial charge in [-0.2, -0.15) is 0 Å². The normalized spacial score (nSPS) is 24.8. The predicted octanol–water partition coefficient (Wildman–Crippen LogP) is 6.19. The molecule has 2 rings (SSSR count). The highest BCUT2D eigenvalue weighted by atomic mass is 16.6. The minimum absolute atomic E-state index is 0.0212. The third-order valence-corrected chi connectivity index (χ3v) is 5.83. The van der Waals surface area contributed by atoms with Crippen molar-refractivity contribution in [3.05, 3.63) is 0 Å². The van der Waals surface area contributed by atoms with Crippen LogP contribution in [0.5, 0.6) is 0 Å². The Morgan fingerprint density at radius 2 is 1.36 bits per heavy atom. The smallest absolute Gasteiger partial charge is 0.309 e. The van der Waals surface area contributed by atoms with E-state index in [1.54, 1.807) is 0 Å². The quantitative estimate of drug-likeness (QED) is 0.200. The van der Waals surface area contributed by atoms with Crippen LogP contribution in [-0.4, -0.2) is 24.8 Å². The Bertz CT molecular complexity index is 355. The molecule has 25 heavy (non-hydrogen) atoms. The fourth-order valence-corrected chi connectivity index (χ4v) is 4.03. The molecule has 0 bridgehead atoms. The highest BCUT2D eigenvalue weighted by Crippen LogP contribution is 2.39. The summed E-state index contributed by atoms with van der Waals surface area (Å²) in [6.07, 6.45) is 21.2. The first-order chi connectivity index (χ1) is 12.3. The Hall–Kier alpha value is -0.570. The lowest BCUT2D eigenvalue weighted by molar-refractivity contribution is -0.149. The van der Waals surface area contributed by atoms with E-state index >= 15 is 0 Å². The molecule has 0 spiro atoms. The maximum Gasteiger partial charge on any atom is 0.309 e. The van der Waals surface area contributed by atoms with Gasteiger partial charge < -0.3 is 9.47 Å². The molecule has 2 fully saturated rings. The molecule has 1 aliphatic carbocycles. The van der Waals surface area contributed by atoms with Crippen molar-refractivity contribution in [2.24, 2.45) is 5.92 Å². The van der Waals surface area contributed by atoms with Crippen molar-refractivity contribution < 1.29 is 14.3 Å². The minimum Gasteiger partial charge on any atom is -0.465 e. The average molecular weight is 353 g/mol. The van der Waals surface area contributed by atoms with Gasteiger partial charge in [0.1, 0.15) is 0 Å². The molecule has 0 aromatic carbocycles. The largest absolute Gasteiger partial charge is 0.465 e. The number of carbonyl (C=O) groups excluding carboxylic acids is 1. The average Bonchev–Trinajstić information content (AvgIpc) is 3.40. The van der Waals surface area contributed by atoms with Crippen molar-refractivity contribution >= 4 is 5.97 Å². The van der Waals surface area contributed by atoms with Crippen LogP contribution in [0.3, 0.4) is 0 Å². The zero-order valence-electron chi connectivity index (χ0n) is 16.5. The van der Waals surface area contributed by atoms with Gasteiger partial charge >= 0.3 is 5.97 Å². The van der Waals surface area contributed by atoms with Crippen LogP contribution in [0.1, 0.15) is 110 Å². The number of carbonyl (C=O) groups is 1. The summed E-state index contributed by atoms with van der Waals surface area (Å²) >= 11 is 0. The summed E-state index contributed by atoms with van der Waals surface area (Å²) in [5.74, 6) is 0.124. The molecule has 0 N–H and O–H groups in total. The number of hydrogen-bond donors (Lipinski definition) is 0. The van der Waals surface area contributed by atoms with Crippen LogP contribution in [0.4, 0.5) is 0 Å². The Kier molecular flexibility index (Phi) is 10.6. The second kappa shape index (κ2) is 12.7. The zero-order valence-corrected chi connectivity index (χ0v) is 16.5. The molecule has 2 aliphatic rings. The number of epoxide rings is 1. The van der Waals surface area contributed by atoms with Crippen LogP contribution in [0.25, 0.3) is 0 Å². The second-order valence-corrected chi connectivity index (χ2v) is 8.13. The lowest BCUT2D eigenvalue weighted by atomic mass is 9.89. The topological polar surface area (TPSA) is 38.8 Å². The fourth-order valence-electron chi connectivity index (χ4n) is 4.03. The van der Waals surface area contributed by atoms with E-state index in [1.807, 2.05) is 0 Å². The first-order valence-corrected chi connectivity index (χ1v) is 11.1. The maximum absolute atomic E-state index is 12.0. The standard InChI is InChI=1S/C22H40O3/c1-2-3-4-5-6-7-8-9-10-11-12-13-14-17-24-22(23)19-15-16-20-21(18-19)25-20/h19-21H,2-18H2,1H3. The van der Waals surface area contributed by atoms with Crippen molar-refractivity contribution in [1.82, 2.24) is 0 Å². The molecule has 1 heterocycles. The number of esters is 1. The molecule has 1 saturated carbocycles. The number of fused-ring (bicyclic) bond motifs is 1. The SMILES string of the molecule is CCCCCCCCCCCCCCCOC(=O)C1CCC2OC2C1. The molecular formula is C22H40O3. The van der Waals surface area contributed by atoms with Crippen LogP contribution in [0, 0.1) is 5.92 Å². The van der Waals surface area contributed by atoms with Crippen LogP contribution in [0.2, 0.25) is 0 Å². The van der Waals surface area contributed by atoms with Gasteiger partial charge in [0.25, 0.3) is 0 Å². The van der Waals surface area contributed by atoms with Crippen LogP contribution < -0.4 is 0 Å². The first-order valence-electron chi connectivity index (χ1n) is 11.1. The third-order valence-electron chi connectivity index (χ3n) is 5.83. The van der Waals surface area contributed by atoms with Gasteiger partial charge in [-0.1, -0.05) is 84.0 Å². The molecule has 3 nitrogen and oxygen atoms in total. The van der Waals surface area contributed by atoms with E-state index in [1.165, 1.54) is 77.0 Å². The molecular weight excluding hydrogens is 312 g/mol. The summed E-state index contributed by atoms with van der Waals surface area (Å²) in [6, 6.07) is 0. The van der Waals surface area contributed by atoms with E-state index in [9.17, 15) is 4.79 Å². The Morgan fingerprint density at radius 3 is 1.92 bits per heavy atom. The summed E-state index contributed by atoms with van der Waals surface area (Å²) in [6.45, 7) is 2.89. The van der Waals surface area contributed by atoms with Gasteiger partial charge in [0.2, 0.25) is 0 Å². The van der Waals surface area contributed by atoms with Gasteiger partial charge in [-0.3, -0.25) is 4.79 Å². The second-order valence-electron chi connectivity index (χ2n) is 8.13. The van der Waals surface area contributed by atoms with E-state index in [4.69, 9.17) is 9.47 Å². The van der Waals surface area contributed by atoms with Crippen molar-refractivity contribution in [2.75, 3.05) is 6.61 Å². The zero-order chi connectivity index (χ0) is 17.7. The lowest BCUT2D eigenvalue weighted by Crippen LogP contribution is -2.24. The minimum atomic E-state index is 0.0212. The lowest BCUT2D eigenvalue weighted by Gasteiger charge is -2.17. The third kappa shape index (κ3) is 9.08. The van der Waals surface area contributed by atoms with Crippen molar-refractivity contribution in [2.45, 2.75) is 122 Å². The molecule has 0 aromatic heterocycles. The van der Waals surface area contributed by atoms with Crippen molar-refractivity contribution in [3.63, 3.8) is 0 Å². The van der Waals surface area contributed by atoms with Gasteiger partial charge in [-0.05, 0) is 25.7 Å². The summed E-state index contributed by atoms with van der Waals surface area (Å²) in [4.78, 5) is 12.0. The molecule has 3 unspecified atom stereocenters. The summed E-state index contributed by atoms with van der Waals surface area (Å²) in [7, 11) is 0. The number of unbranched alkanes of at least 4 members (excludes halogenated alkanes) is 12. The van der Waals surface area contributed by atoms with Gasteiger partial charge in [-0.25, -0.2) is 0 Å². The van der Waals surface area contributed by atoms with Gasteiger partial charge in [0.05, 0.1) is 24.7 Å². The molecule has 3 atom stereocenters. The molecule has 0 amide bonds. The first kappa shape index (κ1) is 20.7. The molecule has 0 aromatic rings. The highest BCUT2D eigenvalue weighted by Gasteiger charge is 2.46. The van der Waals surface area contributed by atoms with Gasteiger partial charge in [0, 0.05) is 0 Å². The van der Waals surface area contributed by atoms with E-state index in [0.29, 0.717) is 18.8 Å².